The highest BCUT2D eigenvalue weighted by Gasteiger charge is 2.21. The lowest BCUT2D eigenvalue weighted by molar-refractivity contribution is 0.329. The van der Waals surface area contributed by atoms with Gasteiger partial charge in [0.2, 0.25) is 0 Å². The molecule has 1 aromatic rings. The summed E-state index contributed by atoms with van der Waals surface area (Å²) in [6.45, 7) is 4.92. The maximum Gasteiger partial charge on any atom is 0.0399 e. The van der Waals surface area contributed by atoms with Crippen molar-refractivity contribution >= 4 is 5.69 Å². The fraction of sp³-hybridized carbons (Fsp3) is 0.538. The minimum Gasteiger partial charge on any atom is -0.371 e. The summed E-state index contributed by atoms with van der Waals surface area (Å²) in [5, 5.41) is 3.34. The normalized spacial score (nSPS) is 20.1. The molecule has 1 fully saturated rings. The summed E-state index contributed by atoms with van der Waals surface area (Å²) in [5.41, 5.74) is 3.01. The third kappa shape index (κ3) is 1.74. The van der Waals surface area contributed by atoms with Crippen molar-refractivity contribution in [3.05, 3.63) is 29.8 Å². The molecule has 15 heavy (non-hydrogen) atoms. The predicted molar refractivity (Wildman–Crippen MR) is 63.3 cm³/mol. The van der Waals surface area contributed by atoms with Crippen LogP contribution in [0.15, 0.2) is 24.3 Å². The Bertz CT molecular complexity index is 344. The van der Waals surface area contributed by atoms with E-state index in [-0.39, 0.29) is 0 Å². The van der Waals surface area contributed by atoms with Crippen molar-refractivity contribution in [2.45, 2.75) is 12.8 Å². The van der Waals surface area contributed by atoms with Gasteiger partial charge in [-0.25, -0.2) is 0 Å². The van der Waals surface area contributed by atoms with E-state index in [1.54, 1.807) is 0 Å². The number of para-hydroxylation sites is 1. The van der Waals surface area contributed by atoms with Crippen molar-refractivity contribution in [1.29, 1.82) is 0 Å². The van der Waals surface area contributed by atoms with Gasteiger partial charge in [-0.3, -0.25) is 0 Å². The second-order valence-electron chi connectivity index (χ2n) is 4.68. The van der Waals surface area contributed by atoms with Crippen LogP contribution in [0.4, 0.5) is 5.69 Å². The van der Waals surface area contributed by atoms with Gasteiger partial charge < -0.3 is 10.2 Å². The second-order valence-corrected chi connectivity index (χ2v) is 4.68. The number of benzene rings is 1. The van der Waals surface area contributed by atoms with E-state index in [9.17, 15) is 0 Å². The SMILES string of the molecule is c1ccc2c(c1)CCN2CCC1CNC1. The molecule has 1 N–H and O–H groups in total. The Morgan fingerprint density at radius 1 is 1.27 bits per heavy atom. The molecule has 2 nitrogen and oxygen atoms in total. The maximum absolute atomic E-state index is 3.34. The summed E-state index contributed by atoms with van der Waals surface area (Å²) in [4.78, 5) is 2.55. The lowest BCUT2D eigenvalue weighted by Gasteiger charge is -2.29. The molecule has 3 rings (SSSR count). The second kappa shape index (κ2) is 3.86. The molecule has 2 heterocycles. The lowest BCUT2D eigenvalue weighted by atomic mass is 9.99. The van der Waals surface area contributed by atoms with E-state index >= 15 is 0 Å². The van der Waals surface area contributed by atoms with Crippen LogP contribution in [-0.2, 0) is 6.42 Å². The van der Waals surface area contributed by atoms with E-state index in [1.165, 1.54) is 50.3 Å². The zero-order valence-electron chi connectivity index (χ0n) is 9.08. The summed E-state index contributed by atoms with van der Waals surface area (Å²) in [7, 11) is 0. The number of nitrogens with one attached hydrogen (secondary N) is 1. The van der Waals surface area contributed by atoms with Crippen LogP contribution in [0, 0.1) is 5.92 Å². The molecule has 0 bridgehead atoms. The summed E-state index contributed by atoms with van der Waals surface area (Å²) < 4.78 is 0. The van der Waals surface area contributed by atoms with Crippen molar-refractivity contribution < 1.29 is 0 Å². The van der Waals surface area contributed by atoms with Gasteiger partial charge in [-0.05, 0) is 43.5 Å². The van der Waals surface area contributed by atoms with Crippen molar-refractivity contribution in [3.8, 4) is 0 Å². The zero-order chi connectivity index (χ0) is 10.1. The Hall–Kier alpha value is -1.02. The smallest absolute Gasteiger partial charge is 0.0399 e. The topological polar surface area (TPSA) is 15.3 Å². The van der Waals surface area contributed by atoms with Gasteiger partial charge in [0.15, 0.2) is 0 Å². The number of fused-ring (bicyclic) bond motifs is 1. The van der Waals surface area contributed by atoms with Crippen LogP contribution >= 0.6 is 0 Å². The van der Waals surface area contributed by atoms with Gasteiger partial charge in [0, 0.05) is 18.8 Å². The first kappa shape index (κ1) is 9.22. The van der Waals surface area contributed by atoms with Gasteiger partial charge in [-0.1, -0.05) is 18.2 Å². The van der Waals surface area contributed by atoms with Crippen LogP contribution in [0.2, 0.25) is 0 Å². The first-order valence-corrected chi connectivity index (χ1v) is 5.97. The average Bonchev–Trinajstić information content (AvgIpc) is 2.60. The average molecular weight is 202 g/mol. The standard InChI is InChI=1S/C13H18N2/c1-2-4-13-12(3-1)6-8-15(13)7-5-11-9-14-10-11/h1-4,11,14H,5-10H2. The number of hydrogen-bond donors (Lipinski definition) is 1. The van der Waals surface area contributed by atoms with Crippen molar-refractivity contribution in [2.75, 3.05) is 31.1 Å². The fourth-order valence-corrected chi connectivity index (χ4v) is 2.53. The Kier molecular flexibility index (Phi) is 2.37. The molecule has 0 amide bonds. The highest BCUT2D eigenvalue weighted by atomic mass is 15.1. The molecular weight excluding hydrogens is 184 g/mol. The van der Waals surface area contributed by atoms with Gasteiger partial charge in [0.1, 0.15) is 0 Å². The van der Waals surface area contributed by atoms with Crippen LogP contribution in [0.5, 0.6) is 0 Å². The molecule has 2 heteroatoms. The van der Waals surface area contributed by atoms with E-state index in [2.05, 4.69) is 34.5 Å². The van der Waals surface area contributed by atoms with Crippen LogP contribution in [0.3, 0.4) is 0 Å². The van der Waals surface area contributed by atoms with E-state index in [4.69, 9.17) is 0 Å². The summed E-state index contributed by atoms with van der Waals surface area (Å²) in [6, 6.07) is 8.84. The third-order valence-corrected chi connectivity index (χ3v) is 3.66. The van der Waals surface area contributed by atoms with E-state index in [1.807, 2.05) is 0 Å². The lowest BCUT2D eigenvalue weighted by Crippen LogP contribution is -2.43. The first-order valence-electron chi connectivity index (χ1n) is 5.97. The molecule has 0 aromatic heterocycles. The van der Waals surface area contributed by atoms with Crippen molar-refractivity contribution in [1.82, 2.24) is 5.32 Å². The number of nitrogens with zero attached hydrogens (tertiary/aromatic N) is 1. The molecule has 80 valence electrons. The van der Waals surface area contributed by atoms with Crippen LogP contribution in [-0.4, -0.2) is 26.2 Å². The maximum atomic E-state index is 3.34. The van der Waals surface area contributed by atoms with E-state index in [0.717, 1.165) is 5.92 Å². The molecule has 0 atom stereocenters. The molecule has 0 spiro atoms. The van der Waals surface area contributed by atoms with E-state index < -0.39 is 0 Å². The monoisotopic (exact) mass is 202 g/mol. The van der Waals surface area contributed by atoms with Gasteiger partial charge in [0.25, 0.3) is 0 Å². The summed E-state index contributed by atoms with van der Waals surface area (Å²) in [6.07, 6.45) is 2.58. The minimum atomic E-state index is 0.928. The van der Waals surface area contributed by atoms with Crippen LogP contribution in [0.25, 0.3) is 0 Å². The van der Waals surface area contributed by atoms with Gasteiger partial charge >= 0.3 is 0 Å². The van der Waals surface area contributed by atoms with Crippen molar-refractivity contribution in [3.63, 3.8) is 0 Å². The van der Waals surface area contributed by atoms with Gasteiger partial charge in [-0.15, -0.1) is 0 Å². The van der Waals surface area contributed by atoms with Crippen LogP contribution < -0.4 is 10.2 Å². The first-order chi connectivity index (χ1) is 7.43. The zero-order valence-corrected chi connectivity index (χ0v) is 9.08. The quantitative estimate of drug-likeness (QED) is 0.802. The molecule has 2 aliphatic rings. The Balaban J connectivity index is 1.63. The molecule has 0 aliphatic carbocycles. The number of hydrogen-bond acceptors (Lipinski definition) is 2. The predicted octanol–water partition coefficient (Wildman–Crippen LogP) is 1.66. The van der Waals surface area contributed by atoms with Crippen LogP contribution in [0.1, 0.15) is 12.0 Å². The van der Waals surface area contributed by atoms with Gasteiger partial charge in [0.05, 0.1) is 0 Å². The number of anilines is 1. The Labute approximate surface area is 91.3 Å². The largest absolute Gasteiger partial charge is 0.371 e. The third-order valence-electron chi connectivity index (χ3n) is 3.66. The molecule has 0 unspecified atom stereocenters. The molecular formula is C13H18N2. The number of rotatable bonds is 3. The molecule has 0 radical (unpaired) electrons. The Morgan fingerprint density at radius 3 is 2.93 bits per heavy atom. The minimum absolute atomic E-state index is 0.928. The Morgan fingerprint density at radius 2 is 2.13 bits per heavy atom. The fourth-order valence-electron chi connectivity index (χ4n) is 2.53. The molecule has 0 saturated carbocycles. The summed E-state index contributed by atoms with van der Waals surface area (Å²) >= 11 is 0. The molecule has 1 aromatic carbocycles. The molecule has 2 aliphatic heterocycles. The van der Waals surface area contributed by atoms with Crippen molar-refractivity contribution in [2.24, 2.45) is 5.92 Å². The van der Waals surface area contributed by atoms with Gasteiger partial charge in [-0.2, -0.15) is 0 Å². The molecule has 1 saturated heterocycles. The summed E-state index contributed by atoms with van der Waals surface area (Å²) in [5.74, 6) is 0.928. The van der Waals surface area contributed by atoms with E-state index in [0.29, 0.717) is 0 Å². The highest BCUT2D eigenvalue weighted by molar-refractivity contribution is 5.57. The highest BCUT2D eigenvalue weighted by Crippen LogP contribution is 2.27.